The van der Waals surface area contributed by atoms with Crippen LogP contribution in [-0.2, 0) is 0 Å². The molecule has 8 aromatic carbocycles. The van der Waals surface area contributed by atoms with E-state index in [9.17, 15) is 0 Å². The lowest BCUT2D eigenvalue weighted by atomic mass is 9.99. The van der Waals surface area contributed by atoms with Crippen molar-refractivity contribution in [3.63, 3.8) is 0 Å². The van der Waals surface area contributed by atoms with Crippen LogP contribution in [0.3, 0.4) is 0 Å². The fourth-order valence-corrected chi connectivity index (χ4v) is 7.29. The van der Waals surface area contributed by atoms with Crippen LogP contribution in [0.15, 0.2) is 205 Å². The average Bonchev–Trinajstić information content (AvgIpc) is 3.66. The maximum absolute atomic E-state index is 6.60. The number of furan rings is 1. The van der Waals surface area contributed by atoms with Crippen LogP contribution in [0.2, 0.25) is 0 Å². The SMILES string of the molecule is c1ccc(-c2ccc(-c3ccc(-c4nc(-c5ccc(-c6ccccc6)cc5)nc(-c5ccc6c(c5)oc5c(-c7ccccc7)cccc56)n4)cc3)cc2)cc1. The van der Waals surface area contributed by atoms with Gasteiger partial charge < -0.3 is 4.42 Å². The van der Waals surface area contributed by atoms with Crippen molar-refractivity contribution in [3.8, 4) is 78.7 Å². The van der Waals surface area contributed by atoms with Gasteiger partial charge in [0.05, 0.1) is 0 Å². The minimum absolute atomic E-state index is 0.582. The lowest BCUT2D eigenvalue weighted by Crippen LogP contribution is -2.00. The molecule has 0 unspecified atom stereocenters. The number of rotatable bonds is 7. The van der Waals surface area contributed by atoms with Gasteiger partial charge in [0.15, 0.2) is 17.5 Å². The third kappa shape index (κ3) is 6.26. The topological polar surface area (TPSA) is 51.8 Å². The van der Waals surface area contributed by atoms with Gasteiger partial charge in [-0.2, -0.15) is 0 Å². The largest absolute Gasteiger partial charge is 0.455 e. The maximum atomic E-state index is 6.60. The number of hydrogen-bond acceptors (Lipinski definition) is 4. The Bertz CT molecular complexity index is 2920. The minimum atomic E-state index is 0.582. The van der Waals surface area contributed by atoms with Crippen molar-refractivity contribution in [3.05, 3.63) is 200 Å². The zero-order valence-electron chi connectivity index (χ0n) is 29.8. The normalized spacial score (nSPS) is 11.3. The van der Waals surface area contributed by atoms with Crippen LogP contribution in [0.4, 0.5) is 0 Å². The highest BCUT2D eigenvalue weighted by Crippen LogP contribution is 2.38. The summed E-state index contributed by atoms with van der Waals surface area (Å²) in [6, 6.07) is 69.3. The molecule has 0 fully saturated rings. The molecule has 0 aliphatic carbocycles. The van der Waals surface area contributed by atoms with Gasteiger partial charge in [-0.15, -0.1) is 0 Å². The third-order valence-corrected chi connectivity index (χ3v) is 10.2. The Morgan fingerprint density at radius 3 is 1.13 bits per heavy atom. The molecule has 0 spiro atoms. The first-order chi connectivity index (χ1) is 27.2. The molecule has 2 heterocycles. The highest BCUT2D eigenvalue weighted by molar-refractivity contribution is 6.10. The predicted molar refractivity (Wildman–Crippen MR) is 225 cm³/mol. The van der Waals surface area contributed by atoms with Gasteiger partial charge in [-0.3, -0.25) is 0 Å². The maximum Gasteiger partial charge on any atom is 0.164 e. The molecule has 4 nitrogen and oxygen atoms in total. The van der Waals surface area contributed by atoms with Crippen LogP contribution in [0, 0.1) is 0 Å². The van der Waals surface area contributed by atoms with Crippen LogP contribution in [0.25, 0.3) is 101 Å². The quantitative estimate of drug-likeness (QED) is 0.166. The molecule has 258 valence electrons. The van der Waals surface area contributed by atoms with Gasteiger partial charge in [0.1, 0.15) is 11.2 Å². The van der Waals surface area contributed by atoms with Crippen molar-refractivity contribution >= 4 is 21.9 Å². The van der Waals surface area contributed by atoms with E-state index in [1.165, 1.54) is 11.1 Å². The molecule has 55 heavy (non-hydrogen) atoms. The third-order valence-electron chi connectivity index (χ3n) is 10.2. The summed E-state index contributed by atoms with van der Waals surface area (Å²) in [4.78, 5) is 15.2. The summed E-state index contributed by atoms with van der Waals surface area (Å²) in [5.74, 6) is 1.80. The monoisotopic (exact) mass is 703 g/mol. The number of para-hydroxylation sites is 1. The van der Waals surface area contributed by atoms with E-state index in [1.807, 2.05) is 24.3 Å². The standard InChI is InChI=1S/C51H33N3O/c1-4-11-34(12-5-1)36-19-21-38(22-20-36)39-25-29-42(30-26-39)50-52-49(41-27-23-37(24-28-41)35-13-6-2-7-14-35)53-51(54-50)43-31-32-45-46-18-10-17-44(40-15-8-3-9-16-40)48(46)55-47(45)33-43/h1-33H. The van der Waals surface area contributed by atoms with Gasteiger partial charge in [-0.05, 0) is 51.1 Å². The number of benzene rings is 8. The molecule has 10 aromatic rings. The molecule has 0 amide bonds. The number of nitrogens with zero attached hydrogens (tertiary/aromatic N) is 3. The van der Waals surface area contributed by atoms with E-state index in [2.05, 4.69) is 176 Å². The summed E-state index contributed by atoms with van der Waals surface area (Å²) in [7, 11) is 0. The highest BCUT2D eigenvalue weighted by atomic mass is 16.3. The van der Waals surface area contributed by atoms with Crippen molar-refractivity contribution in [2.24, 2.45) is 0 Å². The highest BCUT2D eigenvalue weighted by Gasteiger charge is 2.17. The molecule has 2 aromatic heterocycles. The smallest absolute Gasteiger partial charge is 0.164 e. The second-order valence-corrected chi connectivity index (χ2v) is 13.6. The van der Waals surface area contributed by atoms with Crippen molar-refractivity contribution in [1.82, 2.24) is 15.0 Å². The van der Waals surface area contributed by atoms with Gasteiger partial charge in [-0.25, -0.2) is 15.0 Å². The number of fused-ring (bicyclic) bond motifs is 3. The van der Waals surface area contributed by atoms with Crippen molar-refractivity contribution in [2.75, 3.05) is 0 Å². The van der Waals surface area contributed by atoms with Crippen LogP contribution in [0.1, 0.15) is 0 Å². The Kier molecular flexibility index (Phi) is 8.12. The summed E-state index contributed by atoms with van der Waals surface area (Å²) in [5, 5.41) is 2.13. The Morgan fingerprint density at radius 2 is 0.655 bits per heavy atom. The molecule has 4 heteroatoms. The Hall–Kier alpha value is -7.43. The molecule has 0 N–H and O–H groups in total. The summed E-state index contributed by atoms with van der Waals surface area (Å²) < 4.78 is 6.60. The molecule has 0 bridgehead atoms. The van der Waals surface area contributed by atoms with Crippen LogP contribution < -0.4 is 0 Å². The van der Waals surface area contributed by atoms with Crippen molar-refractivity contribution < 1.29 is 4.42 Å². The fraction of sp³-hybridized carbons (Fsp3) is 0. The Labute approximate surface area is 319 Å². The van der Waals surface area contributed by atoms with Crippen molar-refractivity contribution in [1.29, 1.82) is 0 Å². The second kappa shape index (κ2) is 13.8. The van der Waals surface area contributed by atoms with Gasteiger partial charge in [-0.1, -0.05) is 188 Å². The van der Waals surface area contributed by atoms with E-state index in [0.29, 0.717) is 17.5 Å². The minimum Gasteiger partial charge on any atom is -0.455 e. The molecule has 10 rings (SSSR count). The predicted octanol–water partition coefficient (Wildman–Crippen LogP) is 13.4. The lowest BCUT2D eigenvalue weighted by molar-refractivity contribution is 0.670. The summed E-state index contributed by atoms with van der Waals surface area (Å²) in [5.41, 5.74) is 13.5. The first-order valence-corrected chi connectivity index (χ1v) is 18.4. The van der Waals surface area contributed by atoms with Crippen LogP contribution in [-0.4, -0.2) is 15.0 Å². The molecular formula is C51H33N3O. The zero-order chi connectivity index (χ0) is 36.6. The van der Waals surface area contributed by atoms with Gasteiger partial charge in [0, 0.05) is 33.0 Å². The molecule has 0 atom stereocenters. The van der Waals surface area contributed by atoms with E-state index in [4.69, 9.17) is 19.4 Å². The van der Waals surface area contributed by atoms with Gasteiger partial charge >= 0.3 is 0 Å². The summed E-state index contributed by atoms with van der Waals surface area (Å²) in [6.45, 7) is 0. The summed E-state index contributed by atoms with van der Waals surface area (Å²) in [6.07, 6.45) is 0. The Morgan fingerprint density at radius 1 is 0.273 bits per heavy atom. The molecule has 0 aliphatic rings. The van der Waals surface area contributed by atoms with Crippen molar-refractivity contribution in [2.45, 2.75) is 0 Å². The number of aromatic nitrogens is 3. The van der Waals surface area contributed by atoms with E-state index in [0.717, 1.165) is 72.0 Å². The lowest BCUT2D eigenvalue weighted by Gasteiger charge is -2.10. The fourth-order valence-electron chi connectivity index (χ4n) is 7.29. The second-order valence-electron chi connectivity index (χ2n) is 13.6. The van der Waals surface area contributed by atoms with E-state index in [-0.39, 0.29) is 0 Å². The molecule has 0 radical (unpaired) electrons. The van der Waals surface area contributed by atoms with E-state index >= 15 is 0 Å². The average molecular weight is 704 g/mol. The molecule has 0 aliphatic heterocycles. The van der Waals surface area contributed by atoms with Crippen LogP contribution in [0.5, 0.6) is 0 Å². The Balaban J connectivity index is 1.05. The van der Waals surface area contributed by atoms with Gasteiger partial charge in [0.2, 0.25) is 0 Å². The molecular weight excluding hydrogens is 671 g/mol. The van der Waals surface area contributed by atoms with Crippen LogP contribution >= 0.6 is 0 Å². The van der Waals surface area contributed by atoms with Gasteiger partial charge in [0.25, 0.3) is 0 Å². The first kappa shape index (κ1) is 32.2. The summed E-state index contributed by atoms with van der Waals surface area (Å²) >= 11 is 0. The van der Waals surface area contributed by atoms with E-state index in [1.54, 1.807) is 0 Å². The molecule has 0 saturated heterocycles. The first-order valence-electron chi connectivity index (χ1n) is 18.4. The van der Waals surface area contributed by atoms with E-state index < -0.39 is 0 Å². The molecule has 0 saturated carbocycles. The zero-order valence-corrected chi connectivity index (χ0v) is 29.8. The number of hydrogen-bond donors (Lipinski definition) is 0.